The Hall–Kier alpha value is -5.32. The first kappa shape index (κ1) is 52.0. The fourth-order valence-electron chi connectivity index (χ4n) is 6.95. The summed E-state index contributed by atoms with van der Waals surface area (Å²) in [6.07, 6.45) is 7.59. The predicted molar refractivity (Wildman–Crippen MR) is 257 cm³/mol. The number of aryl methyl sites for hydroxylation is 1. The zero-order valence-corrected chi connectivity index (χ0v) is 41.7. The van der Waals surface area contributed by atoms with Crippen molar-refractivity contribution in [2.24, 2.45) is 29.2 Å². The van der Waals surface area contributed by atoms with Gasteiger partial charge in [-0.25, -0.2) is 9.67 Å². The van der Waals surface area contributed by atoms with Crippen LogP contribution in [0.25, 0.3) is 5.69 Å². The maximum absolute atomic E-state index is 12.6. The molecule has 11 heteroatoms. The van der Waals surface area contributed by atoms with Crippen molar-refractivity contribution in [3.63, 3.8) is 0 Å². The van der Waals surface area contributed by atoms with Crippen molar-refractivity contribution >= 4 is 0 Å². The largest absolute Gasteiger partial charge is 0.493 e. The van der Waals surface area contributed by atoms with Crippen LogP contribution in [0.3, 0.4) is 0 Å². The second-order valence-electron chi connectivity index (χ2n) is 21.6. The third-order valence-corrected chi connectivity index (χ3v) is 9.44. The minimum absolute atomic E-state index is 0.0775. The zero-order valence-electron chi connectivity index (χ0n) is 41.7. The molecule has 0 spiro atoms. The van der Waals surface area contributed by atoms with E-state index in [1.165, 1.54) is 11.9 Å². The molecule has 5 heterocycles. The molecule has 0 saturated carbocycles. The molecule has 2 aromatic carbocycles. The highest BCUT2D eigenvalue weighted by atomic mass is 16.7. The van der Waals surface area contributed by atoms with Crippen LogP contribution in [-0.2, 0) is 36.5 Å². The highest BCUT2D eigenvalue weighted by Gasteiger charge is 2.26. The molecule has 7 rings (SSSR count). The van der Waals surface area contributed by atoms with Gasteiger partial charge in [0.05, 0.1) is 17.1 Å². The number of benzene rings is 2. The minimum atomic E-state index is -0.140. The van der Waals surface area contributed by atoms with Gasteiger partial charge >= 0.3 is 0 Å². The Morgan fingerprint density at radius 2 is 1.41 bits per heavy atom. The summed E-state index contributed by atoms with van der Waals surface area (Å²) in [6.45, 7) is 39.2. The lowest BCUT2D eigenvalue weighted by Gasteiger charge is -2.18. The Morgan fingerprint density at radius 3 is 1.89 bits per heavy atom. The molecule has 0 saturated heterocycles. The van der Waals surface area contributed by atoms with Gasteiger partial charge in [-0.1, -0.05) is 133 Å². The molecule has 0 amide bonds. The summed E-state index contributed by atoms with van der Waals surface area (Å²) in [5.74, 6) is 5.44. The highest BCUT2D eigenvalue weighted by Crippen LogP contribution is 2.34. The van der Waals surface area contributed by atoms with E-state index in [4.69, 9.17) is 18.7 Å². The van der Waals surface area contributed by atoms with Gasteiger partial charge in [-0.2, -0.15) is 5.10 Å². The number of hydrogen-bond donors (Lipinski definition) is 1. The molecular weight excluding hydrogens is 789 g/mol. The number of rotatable bonds is 6. The number of hydrogen-bond acceptors (Lipinski definition) is 8. The maximum Gasteiger partial charge on any atom is 0.275 e. The molecule has 0 fully saturated rings. The van der Waals surface area contributed by atoms with Gasteiger partial charge in [0, 0.05) is 43.6 Å². The lowest BCUT2D eigenvalue weighted by molar-refractivity contribution is 0.174. The van der Waals surface area contributed by atoms with Crippen molar-refractivity contribution in [2.45, 2.75) is 142 Å². The van der Waals surface area contributed by atoms with E-state index < -0.39 is 0 Å². The van der Waals surface area contributed by atoms with Crippen molar-refractivity contribution in [3.05, 3.63) is 129 Å². The third kappa shape index (κ3) is 18.5. The van der Waals surface area contributed by atoms with Crippen LogP contribution >= 0.6 is 0 Å². The first-order valence-corrected chi connectivity index (χ1v) is 22.1. The standard InChI is InChI=1S/C15H20N2O.C12H16O2.C10H16O.C9H15NO.C6H11N3/c1-11-13(15(2,3)4)14(18)17(16(11)5)12-9-7-6-8-10-12;1-12(2,3)7-9-4-5-10-11(6-9)14-8-13-10;1-8-5-9(11-7-8)6-10(2,3)4;1-7-5-8(11-10-7)6-9(2,3)4;1-5(2)3-6-7-4-8-9-6/h6-10H,1-5H3;4-6H,7-8H2,1-3H3;5H,1,6-7H2,2-4H3;5H,6H2,1-4H3;4-5H,3H2,1-2H3,(H,7,8,9). The SMILES string of the molecule is C=C1C=C(CC(C)(C)C)OC1.CC(C)(C)Cc1ccc2c(c1)OCO2.CC(C)Cc1ncn[nH]1.Cc1c(C(C)(C)C)c(=O)n(-c2ccccc2)n1C.Cc1cc(CC(C)(C)C)on1. The van der Waals surface area contributed by atoms with Gasteiger partial charge in [-0.3, -0.25) is 14.6 Å². The number of H-pyrrole nitrogens is 1. The molecular formula is C52H78N6O5. The van der Waals surface area contributed by atoms with Gasteiger partial charge in [0.2, 0.25) is 6.79 Å². The van der Waals surface area contributed by atoms with E-state index in [0.717, 1.165) is 82.7 Å². The van der Waals surface area contributed by atoms with Crippen LogP contribution in [-0.4, -0.2) is 43.1 Å². The summed E-state index contributed by atoms with van der Waals surface area (Å²) < 4.78 is 24.7. The number of aromatic nitrogens is 6. The van der Waals surface area contributed by atoms with Crippen molar-refractivity contribution < 1.29 is 18.7 Å². The summed E-state index contributed by atoms with van der Waals surface area (Å²) in [5.41, 5.74) is 7.02. The van der Waals surface area contributed by atoms with Gasteiger partial charge in [0.25, 0.3) is 5.56 Å². The third-order valence-electron chi connectivity index (χ3n) is 9.44. The van der Waals surface area contributed by atoms with Crippen LogP contribution in [0.1, 0.15) is 137 Å². The molecule has 63 heavy (non-hydrogen) atoms. The van der Waals surface area contributed by atoms with Crippen molar-refractivity contribution in [1.29, 1.82) is 0 Å². The second kappa shape index (κ2) is 22.3. The number of fused-ring (bicyclic) bond motifs is 1. The summed E-state index contributed by atoms with van der Waals surface area (Å²) in [5, 5.41) is 10.4. The van der Waals surface area contributed by atoms with Crippen molar-refractivity contribution in [3.8, 4) is 17.2 Å². The number of aromatic amines is 1. The first-order valence-electron chi connectivity index (χ1n) is 22.1. The topological polar surface area (TPSA) is 122 Å². The van der Waals surface area contributed by atoms with E-state index in [0.29, 0.717) is 30.1 Å². The molecule has 11 nitrogen and oxygen atoms in total. The Morgan fingerprint density at radius 1 is 0.794 bits per heavy atom. The van der Waals surface area contributed by atoms with Crippen LogP contribution < -0.4 is 15.0 Å². The fourth-order valence-corrected chi connectivity index (χ4v) is 6.95. The monoisotopic (exact) mass is 867 g/mol. The maximum atomic E-state index is 12.6. The fraction of sp³-hybridized carbons (Fsp3) is 0.538. The van der Waals surface area contributed by atoms with E-state index in [2.05, 4.69) is 136 Å². The lowest BCUT2D eigenvalue weighted by Crippen LogP contribution is -2.26. The number of allylic oxidation sites excluding steroid dienone is 1. The van der Waals surface area contributed by atoms with E-state index in [1.807, 2.05) is 74.1 Å². The number of nitrogens with zero attached hydrogens (tertiary/aromatic N) is 5. The van der Waals surface area contributed by atoms with Crippen LogP contribution in [0, 0.1) is 36.0 Å². The van der Waals surface area contributed by atoms with E-state index in [1.54, 1.807) is 4.68 Å². The molecule has 0 aliphatic carbocycles. The molecule has 346 valence electrons. The Balaban J connectivity index is 0.000000214. The molecule has 2 aliphatic rings. The smallest absolute Gasteiger partial charge is 0.275 e. The molecule has 0 bridgehead atoms. The Kier molecular flexibility index (Phi) is 18.5. The van der Waals surface area contributed by atoms with Crippen LogP contribution in [0.15, 0.2) is 94.2 Å². The first-order chi connectivity index (χ1) is 29.1. The van der Waals surface area contributed by atoms with Crippen LogP contribution in [0.2, 0.25) is 0 Å². The van der Waals surface area contributed by atoms with E-state index in [9.17, 15) is 4.79 Å². The van der Waals surface area contributed by atoms with Gasteiger partial charge in [0.15, 0.2) is 11.5 Å². The van der Waals surface area contributed by atoms with Crippen molar-refractivity contribution in [2.75, 3.05) is 13.4 Å². The quantitative estimate of drug-likeness (QED) is 0.179. The molecule has 2 aliphatic heterocycles. The predicted octanol–water partition coefficient (Wildman–Crippen LogP) is 12.3. The van der Waals surface area contributed by atoms with Crippen LogP contribution in [0.4, 0.5) is 0 Å². The molecule has 3 aromatic heterocycles. The summed E-state index contributed by atoms with van der Waals surface area (Å²) in [4.78, 5) is 16.6. The van der Waals surface area contributed by atoms with Gasteiger partial charge in [-0.05, 0) is 89.3 Å². The number of para-hydroxylation sites is 1. The molecule has 1 N–H and O–H groups in total. The average molecular weight is 867 g/mol. The number of ether oxygens (including phenoxy) is 3. The molecule has 0 unspecified atom stereocenters. The normalized spacial score (nSPS) is 13.4. The van der Waals surface area contributed by atoms with Gasteiger partial charge < -0.3 is 18.7 Å². The van der Waals surface area contributed by atoms with Crippen molar-refractivity contribution in [1.82, 2.24) is 29.7 Å². The summed E-state index contributed by atoms with van der Waals surface area (Å²) in [7, 11) is 1.93. The average Bonchev–Trinajstić information content (AvgIpc) is 3.99. The highest BCUT2D eigenvalue weighted by molar-refractivity contribution is 5.44. The zero-order chi connectivity index (χ0) is 47.3. The minimum Gasteiger partial charge on any atom is -0.493 e. The molecule has 0 radical (unpaired) electrons. The Labute approximate surface area is 378 Å². The van der Waals surface area contributed by atoms with Gasteiger partial charge in [-0.15, -0.1) is 0 Å². The summed E-state index contributed by atoms with van der Waals surface area (Å²) in [6, 6.07) is 17.9. The summed E-state index contributed by atoms with van der Waals surface area (Å²) >= 11 is 0. The number of nitrogens with one attached hydrogen (secondary N) is 1. The van der Waals surface area contributed by atoms with E-state index >= 15 is 0 Å². The van der Waals surface area contributed by atoms with Gasteiger partial charge in [0.1, 0.15) is 24.5 Å². The molecule has 0 atom stereocenters. The molecule has 5 aromatic rings. The van der Waals surface area contributed by atoms with Crippen LogP contribution in [0.5, 0.6) is 11.5 Å². The second-order valence-corrected chi connectivity index (χ2v) is 21.6. The Bertz CT molecular complexity index is 2250. The van der Waals surface area contributed by atoms with E-state index in [-0.39, 0.29) is 16.4 Å². The lowest BCUT2D eigenvalue weighted by atomic mass is 9.87.